The van der Waals surface area contributed by atoms with Gasteiger partial charge in [0.05, 0.1) is 0 Å². The molecule has 0 radical (unpaired) electrons. The molecule has 2 saturated carbocycles. The molecule has 1 nitrogen and oxygen atoms in total. The summed E-state index contributed by atoms with van der Waals surface area (Å²) >= 11 is 0. The molecule has 0 spiro atoms. The number of aryl methyl sites for hydroxylation is 1. The van der Waals surface area contributed by atoms with Gasteiger partial charge in [-0.1, -0.05) is 37.5 Å². The van der Waals surface area contributed by atoms with Crippen LogP contribution in [0.4, 0.5) is 0 Å². The Balaban J connectivity index is 1.67. The van der Waals surface area contributed by atoms with E-state index >= 15 is 0 Å². The third-order valence-corrected chi connectivity index (χ3v) is 7.63. The number of aromatic hydroxyl groups is 1. The van der Waals surface area contributed by atoms with E-state index in [0.717, 1.165) is 24.2 Å². The molecular weight excluding hydrogens is 292 g/mol. The quantitative estimate of drug-likeness (QED) is 0.627. The van der Waals surface area contributed by atoms with E-state index in [9.17, 15) is 5.11 Å². The number of phenols is 1. The highest BCUT2D eigenvalue weighted by molar-refractivity contribution is 5.41. The Hall–Kier alpha value is -1.24. The molecule has 0 heterocycles. The van der Waals surface area contributed by atoms with Crippen LogP contribution in [0.2, 0.25) is 0 Å². The number of rotatable bonds is 2. The molecule has 1 aromatic carbocycles. The smallest absolute Gasteiger partial charge is 0.115 e. The van der Waals surface area contributed by atoms with E-state index in [1.165, 1.54) is 50.5 Å². The molecule has 3 aliphatic rings. The van der Waals surface area contributed by atoms with E-state index in [2.05, 4.69) is 26.8 Å². The molecule has 130 valence electrons. The minimum absolute atomic E-state index is 0.439. The van der Waals surface area contributed by atoms with Crippen molar-refractivity contribution < 1.29 is 5.11 Å². The Morgan fingerprint density at radius 3 is 2.83 bits per heavy atom. The molecule has 3 aliphatic carbocycles. The first kappa shape index (κ1) is 16.2. The highest BCUT2D eigenvalue weighted by atomic mass is 16.3. The Morgan fingerprint density at radius 2 is 2.04 bits per heavy atom. The largest absolute Gasteiger partial charge is 0.508 e. The van der Waals surface area contributed by atoms with E-state index in [4.69, 9.17) is 0 Å². The van der Waals surface area contributed by atoms with Gasteiger partial charge in [0, 0.05) is 0 Å². The van der Waals surface area contributed by atoms with E-state index < -0.39 is 0 Å². The molecule has 0 amide bonds. The summed E-state index contributed by atoms with van der Waals surface area (Å²) in [6.07, 6.45) is 10.5. The van der Waals surface area contributed by atoms with Crippen LogP contribution in [0, 0.1) is 17.3 Å². The summed E-state index contributed by atoms with van der Waals surface area (Å²) in [6.45, 7) is 7.29. The minimum Gasteiger partial charge on any atom is -0.508 e. The van der Waals surface area contributed by atoms with Crippen LogP contribution in [0.1, 0.15) is 82.8 Å². The van der Waals surface area contributed by atoms with Gasteiger partial charge in [-0.25, -0.2) is 0 Å². The Kier molecular flexibility index (Phi) is 4.01. The molecule has 2 fully saturated rings. The molecule has 4 atom stereocenters. The second-order valence-corrected chi connectivity index (χ2v) is 8.80. The molecule has 0 aliphatic heterocycles. The Bertz CT molecular complexity index is 671. The summed E-state index contributed by atoms with van der Waals surface area (Å²) in [5.74, 6) is 2.90. The predicted octanol–water partition coefficient (Wildman–Crippen LogP) is 6.36. The summed E-state index contributed by atoms with van der Waals surface area (Å²) in [4.78, 5) is 0. The molecule has 1 N–H and O–H groups in total. The number of hydrogen-bond acceptors (Lipinski definition) is 1. The second-order valence-electron chi connectivity index (χ2n) is 8.80. The lowest BCUT2D eigenvalue weighted by Crippen LogP contribution is -2.40. The first-order valence-corrected chi connectivity index (χ1v) is 10.1. The standard InChI is InChI=1S/C23H32O/c1-4-5-15(2)21-10-11-22-20-8-6-16-14-17(24)7-9-18(16)19(20)12-13-23(21,22)3/h7,9,14,19-20,22,24H,4-6,8,10-13H2,1-3H3/b21-15-/t19-,20-,22+,23-/m1/s1. The summed E-state index contributed by atoms with van der Waals surface area (Å²) in [5.41, 5.74) is 6.95. The zero-order valence-corrected chi connectivity index (χ0v) is 15.6. The van der Waals surface area contributed by atoms with Crippen LogP contribution < -0.4 is 0 Å². The first-order chi connectivity index (χ1) is 11.5. The van der Waals surface area contributed by atoms with E-state index in [0.29, 0.717) is 11.2 Å². The van der Waals surface area contributed by atoms with Crippen LogP contribution >= 0.6 is 0 Å². The third-order valence-electron chi connectivity index (χ3n) is 7.63. The molecule has 0 unspecified atom stereocenters. The van der Waals surface area contributed by atoms with Crippen LogP contribution in [0.3, 0.4) is 0 Å². The fraction of sp³-hybridized carbons (Fsp3) is 0.652. The summed E-state index contributed by atoms with van der Waals surface area (Å²) in [6, 6.07) is 6.14. The van der Waals surface area contributed by atoms with Gasteiger partial charge in [-0.3, -0.25) is 0 Å². The topological polar surface area (TPSA) is 20.2 Å². The minimum atomic E-state index is 0.439. The van der Waals surface area contributed by atoms with Crippen molar-refractivity contribution in [1.82, 2.24) is 0 Å². The number of allylic oxidation sites excluding steroid dienone is 2. The maximum Gasteiger partial charge on any atom is 0.115 e. The fourth-order valence-electron chi connectivity index (χ4n) is 6.61. The van der Waals surface area contributed by atoms with Crippen molar-refractivity contribution in [3.05, 3.63) is 40.5 Å². The van der Waals surface area contributed by atoms with Crippen molar-refractivity contribution in [3.8, 4) is 5.75 Å². The van der Waals surface area contributed by atoms with Gasteiger partial charge in [-0.2, -0.15) is 0 Å². The maximum atomic E-state index is 9.82. The number of phenolic OH excluding ortho intramolecular Hbond substituents is 1. The van der Waals surface area contributed by atoms with Gasteiger partial charge < -0.3 is 5.11 Å². The normalized spacial score (nSPS) is 36.7. The van der Waals surface area contributed by atoms with Crippen LogP contribution in [-0.2, 0) is 6.42 Å². The lowest BCUT2D eigenvalue weighted by Gasteiger charge is -2.50. The van der Waals surface area contributed by atoms with Crippen molar-refractivity contribution in [1.29, 1.82) is 0 Å². The Morgan fingerprint density at radius 1 is 1.21 bits per heavy atom. The molecule has 0 bridgehead atoms. The van der Waals surface area contributed by atoms with Crippen molar-refractivity contribution in [2.45, 2.75) is 78.1 Å². The summed E-state index contributed by atoms with van der Waals surface area (Å²) in [7, 11) is 0. The monoisotopic (exact) mass is 324 g/mol. The lowest BCUT2D eigenvalue weighted by atomic mass is 9.55. The Labute approximate surface area is 147 Å². The highest BCUT2D eigenvalue weighted by Gasteiger charge is 2.52. The van der Waals surface area contributed by atoms with Gasteiger partial charge in [0.25, 0.3) is 0 Å². The number of benzene rings is 1. The summed E-state index contributed by atoms with van der Waals surface area (Å²) < 4.78 is 0. The van der Waals surface area contributed by atoms with E-state index in [1.807, 2.05) is 17.7 Å². The average molecular weight is 325 g/mol. The van der Waals surface area contributed by atoms with Gasteiger partial charge in [0.2, 0.25) is 0 Å². The molecule has 1 heteroatoms. The lowest BCUT2D eigenvalue weighted by molar-refractivity contribution is 0.0807. The van der Waals surface area contributed by atoms with Gasteiger partial charge in [0.1, 0.15) is 5.75 Å². The number of hydrogen-bond donors (Lipinski definition) is 1. The van der Waals surface area contributed by atoms with Crippen molar-refractivity contribution in [2.24, 2.45) is 17.3 Å². The van der Waals surface area contributed by atoms with E-state index in [-0.39, 0.29) is 0 Å². The van der Waals surface area contributed by atoms with Crippen molar-refractivity contribution in [2.75, 3.05) is 0 Å². The molecular formula is C23H32O. The molecule has 1 aromatic rings. The predicted molar refractivity (Wildman–Crippen MR) is 100 cm³/mol. The highest BCUT2D eigenvalue weighted by Crippen LogP contribution is 2.63. The molecule has 0 aromatic heterocycles. The second kappa shape index (κ2) is 5.93. The zero-order valence-electron chi connectivity index (χ0n) is 15.6. The molecule has 4 rings (SSSR count). The SMILES string of the molecule is CCC/C(C)=C1/CC[C@H]2[C@@H]3CCc4cc(O)ccc4[C@H]3CC[C@]12C. The maximum absolute atomic E-state index is 9.82. The first-order valence-electron chi connectivity index (χ1n) is 10.1. The van der Waals surface area contributed by atoms with Gasteiger partial charge >= 0.3 is 0 Å². The van der Waals surface area contributed by atoms with Crippen LogP contribution in [0.15, 0.2) is 29.3 Å². The average Bonchev–Trinajstić information content (AvgIpc) is 2.92. The van der Waals surface area contributed by atoms with Gasteiger partial charge in [-0.15, -0.1) is 0 Å². The molecule has 24 heavy (non-hydrogen) atoms. The van der Waals surface area contributed by atoms with Crippen molar-refractivity contribution >= 4 is 0 Å². The van der Waals surface area contributed by atoms with Gasteiger partial charge in [-0.05, 0) is 98.3 Å². The third kappa shape index (κ3) is 2.35. The van der Waals surface area contributed by atoms with Crippen molar-refractivity contribution in [3.63, 3.8) is 0 Å². The van der Waals surface area contributed by atoms with Crippen LogP contribution in [-0.4, -0.2) is 5.11 Å². The van der Waals surface area contributed by atoms with Gasteiger partial charge in [0.15, 0.2) is 0 Å². The number of fused-ring (bicyclic) bond motifs is 5. The zero-order chi connectivity index (χ0) is 16.9. The fourth-order valence-corrected chi connectivity index (χ4v) is 6.61. The van der Waals surface area contributed by atoms with E-state index in [1.54, 1.807) is 11.1 Å². The van der Waals surface area contributed by atoms with Crippen LogP contribution in [0.5, 0.6) is 5.75 Å². The summed E-state index contributed by atoms with van der Waals surface area (Å²) in [5, 5.41) is 9.82. The van der Waals surface area contributed by atoms with Crippen LogP contribution in [0.25, 0.3) is 0 Å². The molecule has 0 saturated heterocycles.